The van der Waals surface area contributed by atoms with Gasteiger partial charge in [-0.3, -0.25) is 0 Å². The lowest BCUT2D eigenvalue weighted by Crippen LogP contribution is -2.26. The van der Waals surface area contributed by atoms with E-state index in [1.807, 2.05) is 0 Å². The quantitative estimate of drug-likeness (QED) is 0.817. The van der Waals surface area contributed by atoms with E-state index in [9.17, 15) is 0 Å². The van der Waals surface area contributed by atoms with Crippen LogP contribution in [0.15, 0.2) is 0 Å². The Morgan fingerprint density at radius 3 is 3.06 bits per heavy atom. The van der Waals surface area contributed by atoms with Gasteiger partial charge in [0, 0.05) is 33.1 Å². The average molecular weight is 238 g/mol. The molecule has 0 amide bonds. The Labute approximate surface area is 102 Å². The maximum atomic E-state index is 5.71. The third-order valence-electron chi connectivity index (χ3n) is 3.45. The van der Waals surface area contributed by atoms with Gasteiger partial charge in [-0.1, -0.05) is 6.92 Å². The van der Waals surface area contributed by atoms with Crippen LogP contribution in [0.1, 0.15) is 25.0 Å². The van der Waals surface area contributed by atoms with E-state index < -0.39 is 0 Å². The minimum Gasteiger partial charge on any atom is -0.384 e. The fraction of sp³-hybridized carbons (Fsp3) is 0.833. The molecule has 1 aromatic rings. The molecule has 5 nitrogen and oxygen atoms in total. The second-order valence-electron chi connectivity index (χ2n) is 5.04. The average Bonchev–Trinajstić information content (AvgIpc) is 2.72. The van der Waals surface area contributed by atoms with E-state index in [1.54, 1.807) is 7.11 Å². The minimum absolute atomic E-state index is 0.487. The van der Waals surface area contributed by atoms with Gasteiger partial charge in [-0.25, -0.2) is 0 Å². The van der Waals surface area contributed by atoms with Crippen LogP contribution in [0.2, 0.25) is 0 Å². The number of rotatable bonds is 5. The van der Waals surface area contributed by atoms with Crippen molar-refractivity contribution in [2.75, 3.05) is 20.3 Å². The summed E-state index contributed by atoms with van der Waals surface area (Å²) in [6.07, 6.45) is 3.06. The summed E-state index contributed by atoms with van der Waals surface area (Å²) in [6.45, 7) is 4.71. The first-order valence-electron chi connectivity index (χ1n) is 6.34. The summed E-state index contributed by atoms with van der Waals surface area (Å²) in [6, 6.07) is 0. The van der Waals surface area contributed by atoms with E-state index in [0.29, 0.717) is 11.8 Å². The highest BCUT2D eigenvalue weighted by atomic mass is 16.5. The molecule has 0 fully saturated rings. The molecule has 5 heteroatoms. The zero-order chi connectivity index (χ0) is 12.3. The summed E-state index contributed by atoms with van der Waals surface area (Å²) < 4.78 is 7.42. The van der Waals surface area contributed by atoms with Crippen molar-refractivity contribution >= 4 is 0 Å². The molecule has 0 spiro atoms. The first-order valence-corrected chi connectivity index (χ1v) is 6.34. The minimum atomic E-state index is 0.487. The summed E-state index contributed by atoms with van der Waals surface area (Å²) in [5.74, 6) is 3.27. The van der Waals surface area contributed by atoms with Crippen molar-refractivity contribution in [3.63, 3.8) is 0 Å². The number of hydrogen-bond donors (Lipinski definition) is 1. The van der Waals surface area contributed by atoms with Crippen LogP contribution in [0.4, 0.5) is 0 Å². The summed E-state index contributed by atoms with van der Waals surface area (Å²) in [4.78, 5) is 0. The van der Waals surface area contributed by atoms with Crippen molar-refractivity contribution in [3.05, 3.63) is 11.6 Å². The summed E-state index contributed by atoms with van der Waals surface area (Å²) in [7, 11) is 1.74. The van der Waals surface area contributed by atoms with Gasteiger partial charge >= 0.3 is 0 Å². The molecule has 0 aliphatic carbocycles. The number of fused-ring (bicyclic) bond motifs is 1. The van der Waals surface area contributed by atoms with Gasteiger partial charge in [-0.2, -0.15) is 0 Å². The van der Waals surface area contributed by atoms with E-state index in [-0.39, 0.29) is 0 Å². The Morgan fingerprint density at radius 1 is 1.53 bits per heavy atom. The lowest BCUT2D eigenvalue weighted by Gasteiger charge is -2.22. The van der Waals surface area contributed by atoms with Crippen molar-refractivity contribution in [1.29, 1.82) is 0 Å². The van der Waals surface area contributed by atoms with Crippen LogP contribution in [-0.2, 0) is 24.1 Å². The van der Waals surface area contributed by atoms with Crippen LogP contribution in [0.3, 0.4) is 0 Å². The van der Waals surface area contributed by atoms with Gasteiger partial charge in [-0.05, 0) is 24.8 Å². The first kappa shape index (κ1) is 12.5. The second kappa shape index (κ2) is 5.60. The maximum absolute atomic E-state index is 5.71. The number of methoxy groups -OCH3 is 1. The molecule has 17 heavy (non-hydrogen) atoms. The maximum Gasteiger partial charge on any atom is 0.133 e. The Morgan fingerprint density at radius 2 is 2.35 bits per heavy atom. The molecule has 1 aromatic heterocycles. The van der Waals surface area contributed by atoms with Crippen molar-refractivity contribution in [3.8, 4) is 0 Å². The molecule has 2 heterocycles. The molecule has 0 bridgehead atoms. The summed E-state index contributed by atoms with van der Waals surface area (Å²) in [5, 5.41) is 8.59. The Bertz CT molecular complexity index is 363. The largest absolute Gasteiger partial charge is 0.384 e. The van der Waals surface area contributed by atoms with Gasteiger partial charge in [0.1, 0.15) is 11.6 Å². The summed E-state index contributed by atoms with van der Waals surface area (Å²) >= 11 is 0. The molecular formula is C12H22N4O. The fourth-order valence-corrected chi connectivity index (χ4v) is 2.46. The van der Waals surface area contributed by atoms with Gasteiger partial charge in [0.25, 0.3) is 0 Å². The Balaban J connectivity index is 2.04. The van der Waals surface area contributed by atoms with E-state index >= 15 is 0 Å². The molecule has 2 atom stereocenters. The first-order chi connectivity index (χ1) is 8.24. The number of nitrogens with zero attached hydrogens (tertiary/aromatic N) is 3. The van der Waals surface area contributed by atoms with Crippen LogP contribution in [0.5, 0.6) is 0 Å². The number of nitrogens with two attached hydrogens (primary N) is 1. The summed E-state index contributed by atoms with van der Waals surface area (Å²) in [5.41, 5.74) is 5.71. The van der Waals surface area contributed by atoms with E-state index in [2.05, 4.69) is 21.7 Å². The molecule has 0 saturated heterocycles. The molecule has 0 saturated carbocycles. The van der Waals surface area contributed by atoms with Gasteiger partial charge in [0.2, 0.25) is 0 Å². The van der Waals surface area contributed by atoms with E-state index in [1.165, 1.54) is 0 Å². The van der Waals surface area contributed by atoms with Gasteiger partial charge < -0.3 is 15.0 Å². The lowest BCUT2D eigenvalue weighted by atomic mass is 9.98. The molecule has 0 aromatic carbocycles. The normalized spacial score (nSPS) is 21.2. The molecule has 1 aliphatic heterocycles. The Kier molecular flexibility index (Phi) is 4.12. The Hall–Kier alpha value is -0.940. The van der Waals surface area contributed by atoms with Gasteiger partial charge in [0.15, 0.2) is 0 Å². The number of hydrogen-bond acceptors (Lipinski definition) is 4. The molecule has 2 rings (SSSR count). The van der Waals surface area contributed by atoms with E-state index in [0.717, 1.165) is 50.6 Å². The lowest BCUT2D eigenvalue weighted by molar-refractivity contribution is 0.158. The predicted octanol–water partition coefficient (Wildman–Crippen LogP) is 0.624. The van der Waals surface area contributed by atoms with Gasteiger partial charge in [0.05, 0.1) is 0 Å². The second-order valence-corrected chi connectivity index (χ2v) is 5.04. The SMILES string of the molecule is COCC(C)Cc1nnc2n1CCC(CN)C2. The molecular weight excluding hydrogens is 216 g/mol. The smallest absolute Gasteiger partial charge is 0.133 e. The number of ether oxygens (including phenoxy) is 1. The standard InChI is InChI=1S/C12H22N4O/c1-9(8-17-2)5-11-14-15-12-6-10(7-13)3-4-16(11)12/h9-10H,3-8,13H2,1-2H3. The topological polar surface area (TPSA) is 66.0 Å². The monoisotopic (exact) mass is 238 g/mol. The van der Waals surface area contributed by atoms with Crippen molar-refractivity contribution in [1.82, 2.24) is 14.8 Å². The zero-order valence-corrected chi connectivity index (χ0v) is 10.7. The third-order valence-corrected chi connectivity index (χ3v) is 3.45. The predicted molar refractivity (Wildman–Crippen MR) is 65.6 cm³/mol. The highest BCUT2D eigenvalue weighted by molar-refractivity contribution is 5.01. The molecule has 2 N–H and O–H groups in total. The van der Waals surface area contributed by atoms with Crippen molar-refractivity contribution < 1.29 is 4.74 Å². The molecule has 2 unspecified atom stereocenters. The fourth-order valence-electron chi connectivity index (χ4n) is 2.46. The molecule has 96 valence electrons. The van der Waals surface area contributed by atoms with E-state index in [4.69, 9.17) is 10.5 Å². The van der Waals surface area contributed by atoms with Crippen molar-refractivity contribution in [2.45, 2.75) is 32.7 Å². The van der Waals surface area contributed by atoms with Crippen LogP contribution in [-0.4, -0.2) is 35.0 Å². The number of aromatic nitrogens is 3. The van der Waals surface area contributed by atoms with Crippen LogP contribution < -0.4 is 5.73 Å². The highest BCUT2D eigenvalue weighted by Gasteiger charge is 2.22. The molecule has 0 radical (unpaired) electrons. The zero-order valence-electron chi connectivity index (χ0n) is 10.7. The van der Waals surface area contributed by atoms with Crippen LogP contribution in [0.25, 0.3) is 0 Å². The third kappa shape index (κ3) is 2.84. The van der Waals surface area contributed by atoms with Crippen molar-refractivity contribution in [2.24, 2.45) is 17.6 Å². The van der Waals surface area contributed by atoms with Gasteiger partial charge in [-0.15, -0.1) is 10.2 Å². The highest BCUT2D eigenvalue weighted by Crippen LogP contribution is 2.20. The van der Waals surface area contributed by atoms with Crippen LogP contribution in [0, 0.1) is 11.8 Å². The molecule has 1 aliphatic rings. The van der Waals surface area contributed by atoms with Crippen LogP contribution >= 0.6 is 0 Å².